The van der Waals surface area contributed by atoms with Crippen LogP contribution >= 0.6 is 0 Å². The Labute approximate surface area is 158 Å². The number of carbonyl (C=O) groups excluding carboxylic acids is 1. The molecule has 2 aromatic carbocycles. The molecule has 1 aliphatic heterocycles. The van der Waals surface area contributed by atoms with Gasteiger partial charge >= 0.3 is 0 Å². The molecule has 0 spiro atoms. The fourth-order valence-electron chi connectivity index (χ4n) is 3.42. The van der Waals surface area contributed by atoms with Gasteiger partial charge in [0.1, 0.15) is 5.75 Å². The monoisotopic (exact) mass is 369 g/mol. The van der Waals surface area contributed by atoms with Crippen molar-refractivity contribution < 1.29 is 14.5 Å². The zero-order valence-corrected chi connectivity index (χ0v) is 15.6. The third-order valence-corrected chi connectivity index (χ3v) is 4.82. The maximum Gasteiger partial charge on any atom is 0.270 e. The Balaban J connectivity index is 1.85. The third kappa shape index (κ3) is 4.02. The van der Waals surface area contributed by atoms with Crippen LogP contribution in [-0.4, -0.2) is 43.0 Å². The van der Waals surface area contributed by atoms with Gasteiger partial charge in [-0.15, -0.1) is 0 Å². The van der Waals surface area contributed by atoms with Crippen molar-refractivity contribution in [2.75, 3.05) is 32.1 Å². The molecule has 0 aliphatic carbocycles. The van der Waals surface area contributed by atoms with Gasteiger partial charge in [0.25, 0.3) is 11.6 Å². The minimum Gasteiger partial charge on any atom is -0.496 e. The molecule has 1 amide bonds. The molecule has 7 nitrogen and oxygen atoms in total. The zero-order chi connectivity index (χ0) is 19.4. The van der Waals surface area contributed by atoms with Crippen molar-refractivity contribution in [3.8, 4) is 5.75 Å². The molecule has 2 aromatic rings. The van der Waals surface area contributed by atoms with Crippen molar-refractivity contribution >= 4 is 17.3 Å². The standard InChI is InChI=1S/C20H23N3O4/c1-21(14-15-7-3-4-8-18(15)22-11-5-6-12-22)20(24)17-13-16(23(25)26)9-10-19(17)27-2/h3-4,7-10,13H,5-6,11-12,14H2,1-2H3. The Morgan fingerprint density at radius 2 is 1.93 bits per heavy atom. The van der Waals surface area contributed by atoms with Crippen LogP contribution in [0.3, 0.4) is 0 Å². The van der Waals surface area contributed by atoms with Gasteiger partial charge in [-0.3, -0.25) is 14.9 Å². The number of rotatable bonds is 6. The van der Waals surface area contributed by atoms with Crippen molar-refractivity contribution in [2.24, 2.45) is 0 Å². The van der Waals surface area contributed by atoms with Crippen molar-refractivity contribution in [1.29, 1.82) is 0 Å². The fraction of sp³-hybridized carbons (Fsp3) is 0.350. The number of para-hydroxylation sites is 1. The first-order valence-electron chi connectivity index (χ1n) is 8.92. The molecule has 27 heavy (non-hydrogen) atoms. The lowest BCUT2D eigenvalue weighted by atomic mass is 10.1. The van der Waals surface area contributed by atoms with Crippen LogP contribution in [0.5, 0.6) is 5.75 Å². The zero-order valence-electron chi connectivity index (χ0n) is 15.6. The number of amides is 1. The number of benzene rings is 2. The molecule has 3 rings (SSSR count). The van der Waals surface area contributed by atoms with Gasteiger partial charge in [-0.25, -0.2) is 0 Å². The molecule has 0 saturated carbocycles. The summed E-state index contributed by atoms with van der Waals surface area (Å²) in [5.74, 6) is 0.0112. The Morgan fingerprint density at radius 1 is 1.22 bits per heavy atom. The van der Waals surface area contributed by atoms with E-state index in [4.69, 9.17) is 4.74 Å². The normalized spacial score (nSPS) is 13.5. The number of anilines is 1. The number of nitro groups is 1. The van der Waals surface area contributed by atoms with E-state index in [1.54, 1.807) is 11.9 Å². The van der Waals surface area contributed by atoms with Crippen LogP contribution in [0.1, 0.15) is 28.8 Å². The predicted octanol–water partition coefficient (Wildman–Crippen LogP) is 3.48. The van der Waals surface area contributed by atoms with E-state index in [2.05, 4.69) is 11.0 Å². The summed E-state index contributed by atoms with van der Waals surface area (Å²) in [5.41, 5.74) is 2.25. The molecule has 0 radical (unpaired) electrons. The summed E-state index contributed by atoms with van der Waals surface area (Å²) in [5, 5.41) is 11.1. The van der Waals surface area contributed by atoms with Crippen LogP contribution in [0.4, 0.5) is 11.4 Å². The summed E-state index contributed by atoms with van der Waals surface area (Å²) >= 11 is 0. The highest BCUT2D eigenvalue weighted by molar-refractivity contribution is 5.97. The molecule has 0 unspecified atom stereocenters. The summed E-state index contributed by atoms with van der Waals surface area (Å²) in [6.45, 7) is 2.46. The van der Waals surface area contributed by atoms with Crippen LogP contribution in [0.15, 0.2) is 42.5 Å². The SMILES string of the molecule is COc1ccc([N+](=O)[O-])cc1C(=O)N(C)Cc1ccccc1N1CCCC1. The minimum atomic E-state index is -0.515. The van der Waals surface area contributed by atoms with Crippen molar-refractivity contribution in [2.45, 2.75) is 19.4 Å². The van der Waals surface area contributed by atoms with E-state index in [1.807, 2.05) is 18.2 Å². The number of methoxy groups -OCH3 is 1. The molecule has 1 aliphatic rings. The van der Waals surface area contributed by atoms with Crippen LogP contribution in [0, 0.1) is 10.1 Å². The predicted molar refractivity (Wildman–Crippen MR) is 103 cm³/mol. The van der Waals surface area contributed by atoms with E-state index >= 15 is 0 Å². The van der Waals surface area contributed by atoms with Crippen molar-refractivity contribution in [1.82, 2.24) is 4.90 Å². The number of ether oxygens (including phenoxy) is 1. The summed E-state index contributed by atoms with van der Waals surface area (Å²) < 4.78 is 5.23. The van der Waals surface area contributed by atoms with Gasteiger partial charge in [-0.1, -0.05) is 18.2 Å². The van der Waals surface area contributed by atoms with Gasteiger partial charge in [-0.2, -0.15) is 0 Å². The lowest BCUT2D eigenvalue weighted by Gasteiger charge is -2.25. The molecule has 7 heteroatoms. The smallest absolute Gasteiger partial charge is 0.270 e. The van der Waals surface area contributed by atoms with Gasteiger partial charge in [0.05, 0.1) is 17.6 Å². The molecule has 0 aromatic heterocycles. The quantitative estimate of drug-likeness (QED) is 0.576. The van der Waals surface area contributed by atoms with Gasteiger partial charge in [0, 0.05) is 44.5 Å². The van der Waals surface area contributed by atoms with Crippen LogP contribution in [0.2, 0.25) is 0 Å². The molecular formula is C20H23N3O4. The Hall–Kier alpha value is -3.09. The molecule has 0 atom stereocenters. The number of hydrogen-bond donors (Lipinski definition) is 0. The lowest BCUT2D eigenvalue weighted by Crippen LogP contribution is -2.28. The first kappa shape index (κ1) is 18.7. The van der Waals surface area contributed by atoms with Gasteiger partial charge in [-0.05, 0) is 30.5 Å². The van der Waals surface area contributed by atoms with E-state index in [0.29, 0.717) is 12.3 Å². The Morgan fingerprint density at radius 3 is 2.59 bits per heavy atom. The molecule has 142 valence electrons. The average molecular weight is 369 g/mol. The molecule has 0 N–H and O–H groups in total. The second-order valence-electron chi connectivity index (χ2n) is 6.63. The first-order chi connectivity index (χ1) is 13.0. The largest absolute Gasteiger partial charge is 0.496 e. The number of hydrogen-bond acceptors (Lipinski definition) is 5. The van der Waals surface area contributed by atoms with Crippen molar-refractivity contribution in [3.63, 3.8) is 0 Å². The topological polar surface area (TPSA) is 75.9 Å². The maximum atomic E-state index is 12.9. The summed E-state index contributed by atoms with van der Waals surface area (Å²) in [4.78, 5) is 27.4. The van der Waals surface area contributed by atoms with E-state index in [9.17, 15) is 14.9 Å². The van der Waals surface area contributed by atoms with E-state index in [-0.39, 0.29) is 17.2 Å². The van der Waals surface area contributed by atoms with E-state index in [1.165, 1.54) is 38.2 Å². The highest BCUT2D eigenvalue weighted by Crippen LogP contribution is 2.28. The third-order valence-electron chi connectivity index (χ3n) is 4.82. The fourth-order valence-corrected chi connectivity index (χ4v) is 3.42. The first-order valence-corrected chi connectivity index (χ1v) is 8.92. The molecule has 1 fully saturated rings. The van der Waals surface area contributed by atoms with E-state index < -0.39 is 4.92 Å². The number of nitrogens with zero attached hydrogens (tertiary/aromatic N) is 3. The highest BCUT2D eigenvalue weighted by atomic mass is 16.6. The second-order valence-corrected chi connectivity index (χ2v) is 6.63. The number of carbonyl (C=O) groups is 1. The van der Waals surface area contributed by atoms with E-state index in [0.717, 1.165) is 24.3 Å². The minimum absolute atomic E-state index is 0.134. The number of nitro benzene ring substituents is 1. The molecule has 0 bridgehead atoms. The van der Waals surface area contributed by atoms with Crippen LogP contribution in [-0.2, 0) is 6.54 Å². The Kier molecular flexibility index (Phi) is 5.59. The van der Waals surface area contributed by atoms with Crippen molar-refractivity contribution in [3.05, 3.63) is 63.7 Å². The van der Waals surface area contributed by atoms with Crippen LogP contribution < -0.4 is 9.64 Å². The van der Waals surface area contributed by atoms with Gasteiger partial charge < -0.3 is 14.5 Å². The van der Waals surface area contributed by atoms with Gasteiger partial charge in [0.2, 0.25) is 0 Å². The summed E-state index contributed by atoms with van der Waals surface area (Å²) in [7, 11) is 3.14. The average Bonchev–Trinajstić information content (AvgIpc) is 3.21. The molecule has 1 heterocycles. The summed E-state index contributed by atoms with van der Waals surface area (Å²) in [6, 6.07) is 12.1. The molecule has 1 saturated heterocycles. The lowest BCUT2D eigenvalue weighted by molar-refractivity contribution is -0.384. The highest BCUT2D eigenvalue weighted by Gasteiger charge is 2.22. The second kappa shape index (κ2) is 8.07. The Bertz CT molecular complexity index is 847. The molecular weight excluding hydrogens is 346 g/mol. The van der Waals surface area contributed by atoms with Crippen LogP contribution in [0.25, 0.3) is 0 Å². The summed E-state index contributed by atoms with van der Waals surface area (Å²) in [6.07, 6.45) is 2.35. The van der Waals surface area contributed by atoms with Gasteiger partial charge in [0.15, 0.2) is 0 Å². The maximum absolute atomic E-state index is 12.9. The number of non-ortho nitro benzene ring substituents is 1.